The first-order valence-corrected chi connectivity index (χ1v) is 19.4. The number of nitrogens with zero attached hydrogens (tertiary/aromatic N) is 4. The number of carbonyl (C=O) groups is 3. The monoisotopic (exact) mass is 872 g/mol. The number of hydrogen-bond donors (Lipinski definition) is 8. The molecule has 0 aromatic heterocycles. The zero-order chi connectivity index (χ0) is 41.9. The van der Waals surface area contributed by atoms with Crippen molar-refractivity contribution in [3.8, 4) is 11.5 Å². The van der Waals surface area contributed by atoms with Gasteiger partial charge in [0, 0.05) is 47.4 Å². The van der Waals surface area contributed by atoms with Crippen LogP contribution in [0, 0.1) is 0 Å². The summed E-state index contributed by atoms with van der Waals surface area (Å²) in [6, 6.07) is 21.4. The zero-order valence-corrected chi connectivity index (χ0v) is 37.6. The van der Waals surface area contributed by atoms with Crippen LogP contribution in [0.15, 0.2) is 127 Å². The molecule has 4 amide bonds. The molecule has 0 radical (unpaired) electrons. The Balaban J connectivity index is 0.00000397. The van der Waals surface area contributed by atoms with Gasteiger partial charge in [-0.15, -0.1) is 10.2 Å². The number of phenolic OH excluding ortho intramolecular Hbond substituents is 2. The number of rotatable bonds is 10. The molecule has 0 bridgehead atoms. The fourth-order valence-electron chi connectivity index (χ4n) is 5.58. The van der Waals surface area contributed by atoms with E-state index in [9.17, 15) is 50.5 Å². The normalized spacial score (nSPS) is 11.5. The molecule has 296 valence electrons. The van der Waals surface area contributed by atoms with Crippen molar-refractivity contribution < 1.29 is 110 Å². The molecular formula is C37H30N8Na2O11S2+2. The van der Waals surface area contributed by atoms with Crippen molar-refractivity contribution >= 4 is 105 Å². The summed E-state index contributed by atoms with van der Waals surface area (Å²) in [6.07, 6.45) is 0. The molecule has 6 rings (SSSR count). The average molecular weight is 873 g/mol. The van der Waals surface area contributed by atoms with Gasteiger partial charge in [-0.1, -0.05) is 0 Å². The number of nitrogens with one attached hydrogen (secondary N) is 4. The number of carbonyl (C=O) groups excluding carboxylic acids is 3. The van der Waals surface area contributed by atoms with Gasteiger partial charge in [0.05, 0.1) is 11.4 Å². The molecule has 0 spiro atoms. The van der Waals surface area contributed by atoms with Gasteiger partial charge in [-0.05, 0) is 108 Å². The van der Waals surface area contributed by atoms with Gasteiger partial charge in [-0.3, -0.25) is 18.7 Å². The maximum Gasteiger partial charge on any atom is 1.00 e. The summed E-state index contributed by atoms with van der Waals surface area (Å²) in [5.74, 6) is -1.85. The van der Waals surface area contributed by atoms with Crippen molar-refractivity contribution in [3.05, 3.63) is 97.1 Å². The quantitative estimate of drug-likeness (QED) is 0.0561. The van der Waals surface area contributed by atoms with Crippen molar-refractivity contribution in [1.29, 1.82) is 0 Å². The van der Waals surface area contributed by atoms with Crippen LogP contribution in [-0.4, -0.2) is 54.0 Å². The Morgan fingerprint density at radius 1 is 0.483 bits per heavy atom. The van der Waals surface area contributed by atoms with Crippen LogP contribution in [0.1, 0.15) is 13.8 Å². The van der Waals surface area contributed by atoms with E-state index in [-0.39, 0.29) is 115 Å². The predicted molar refractivity (Wildman–Crippen MR) is 213 cm³/mol. The summed E-state index contributed by atoms with van der Waals surface area (Å²) in [5, 5.41) is 48.3. The molecule has 0 aliphatic heterocycles. The van der Waals surface area contributed by atoms with Crippen LogP contribution in [0.25, 0.3) is 21.5 Å². The number of amides is 4. The largest absolute Gasteiger partial charge is 1.00 e. The summed E-state index contributed by atoms with van der Waals surface area (Å²) >= 11 is 0. The molecule has 0 heterocycles. The van der Waals surface area contributed by atoms with Gasteiger partial charge in [-0.2, -0.15) is 27.1 Å². The minimum atomic E-state index is -4.96. The van der Waals surface area contributed by atoms with Crippen LogP contribution >= 0.6 is 0 Å². The van der Waals surface area contributed by atoms with Gasteiger partial charge in [0.25, 0.3) is 20.2 Å². The molecule has 0 atom stereocenters. The zero-order valence-electron chi connectivity index (χ0n) is 32.0. The number of benzene rings is 6. The van der Waals surface area contributed by atoms with E-state index >= 15 is 0 Å². The van der Waals surface area contributed by atoms with E-state index < -0.39 is 58.9 Å². The Morgan fingerprint density at radius 2 is 0.817 bits per heavy atom. The van der Waals surface area contributed by atoms with Crippen molar-refractivity contribution in [1.82, 2.24) is 0 Å². The van der Waals surface area contributed by atoms with Gasteiger partial charge in [0.1, 0.15) is 21.2 Å². The van der Waals surface area contributed by atoms with Crippen LogP contribution in [0.3, 0.4) is 0 Å². The smallest absolute Gasteiger partial charge is 0.505 e. The Morgan fingerprint density at radius 3 is 1.13 bits per heavy atom. The Kier molecular flexibility index (Phi) is 15.3. The SMILES string of the molecule is CC(=O)Nc1ccc(N=Nc2c(S(=O)(=O)O)cc3cc(NC(=O)Nc4ccc5c(O)c(N=Nc6ccc(NC(C)=O)cc6)c(S(=O)(=O)O)cc5c4)ccc3c2O)cc1.[Na+].[Na+]. The van der Waals surface area contributed by atoms with Crippen LogP contribution < -0.4 is 80.4 Å². The fraction of sp³-hybridized carbons (Fsp3) is 0.0541. The van der Waals surface area contributed by atoms with Gasteiger partial charge in [0.15, 0.2) is 11.5 Å². The maximum absolute atomic E-state index is 13.0. The molecule has 19 nitrogen and oxygen atoms in total. The maximum atomic E-state index is 13.0. The molecule has 0 saturated carbocycles. The molecule has 23 heteroatoms. The van der Waals surface area contributed by atoms with Gasteiger partial charge >= 0.3 is 65.1 Å². The first-order chi connectivity index (χ1) is 27.3. The second-order valence-electron chi connectivity index (χ2n) is 12.4. The van der Waals surface area contributed by atoms with E-state index in [2.05, 4.69) is 41.7 Å². The van der Waals surface area contributed by atoms with E-state index in [0.717, 1.165) is 12.1 Å². The number of hydrogen-bond acceptors (Lipinski definition) is 13. The third-order valence-corrected chi connectivity index (χ3v) is 9.81. The molecule has 6 aromatic rings. The second-order valence-corrected chi connectivity index (χ2v) is 15.2. The van der Waals surface area contributed by atoms with Crippen LogP contribution in [0.4, 0.5) is 50.3 Å². The molecule has 0 aliphatic rings. The number of anilines is 4. The first kappa shape index (κ1) is 47.3. The molecule has 8 N–H and O–H groups in total. The van der Waals surface area contributed by atoms with Crippen LogP contribution in [0.5, 0.6) is 11.5 Å². The Labute approximate surface area is 385 Å². The molecule has 0 unspecified atom stereocenters. The molecular weight excluding hydrogens is 843 g/mol. The van der Waals surface area contributed by atoms with Crippen molar-refractivity contribution in [2.24, 2.45) is 20.5 Å². The van der Waals surface area contributed by atoms with E-state index in [1.54, 1.807) is 0 Å². The van der Waals surface area contributed by atoms with E-state index in [4.69, 9.17) is 0 Å². The first-order valence-electron chi connectivity index (χ1n) is 16.6. The minimum Gasteiger partial charge on any atom is -0.505 e. The third kappa shape index (κ3) is 11.5. The number of urea groups is 1. The molecule has 0 aliphatic carbocycles. The standard InChI is InChI=1S/C37H30N8O11S2.2Na/c1-19(46)38-23-3-7-25(8-4-23)42-44-33-31(57(51,52)53)17-21-15-27(11-13-29(21)35(33)48)40-37(50)41-28-12-14-30-22(16-28)18-32(58(54,55)56)34(36(30)49)45-43-26-9-5-24(6-10-26)39-20(2)47;;/h3-18,48-49H,1-2H3,(H,38,46)(H,39,47)(H2,40,41,50)(H,51,52,53)(H,54,55,56);;/q;2*+1. The fourth-order valence-corrected chi connectivity index (χ4v) is 6.90. The minimum absolute atomic E-state index is 0. The van der Waals surface area contributed by atoms with Crippen LogP contribution in [0.2, 0.25) is 0 Å². The summed E-state index contributed by atoms with van der Waals surface area (Å²) in [4.78, 5) is 34.0. The predicted octanol–water partition coefficient (Wildman–Crippen LogP) is 2.30. The number of azo groups is 2. The average Bonchev–Trinajstić information content (AvgIpc) is 3.13. The molecule has 0 fully saturated rings. The van der Waals surface area contributed by atoms with Crippen molar-refractivity contribution in [2.75, 3.05) is 21.3 Å². The number of aromatic hydroxyl groups is 2. The molecule has 0 saturated heterocycles. The summed E-state index contributed by atoms with van der Waals surface area (Å²) in [6.45, 7) is 2.67. The van der Waals surface area contributed by atoms with E-state index in [1.165, 1.54) is 98.8 Å². The Bertz CT molecular complexity index is 2750. The van der Waals surface area contributed by atoms with Gasteiger partial charge < -0.3 is 31.5 Å². The summed E-state index contributed by atoms with van der Waals surface area (Å²) in [7, 11) is -9.92. The van der Waals surface area contributed by atoms with Gasteiger partial charge in [-0.25, -0.2) is 4.79 Å². The van der Waals surface area contributed by atoms with E-state index in [1.807, 2.05) is 0 Å². The summed E-state index contributed by atoms with van der Waals surface area (Å²) < 4.78 is 69.4. The van der Waals surface area contributed by atoms with Crippen molar-refractivity contribution in [2.45, 2.75) is 23.6 Å². The molecule has 6 aromatic carbocycles. The van der Waals surface area contributed by atoms with Crippen LogP contribution in [-0.2, 0) is 29.8 Å². The van der Waals surface area contributed by atoms with Gasteiger partial charge in [0.2, 0.25) is 11.8 Å². The number of phenols is 2. The Hall–Kier alpha value is -5.33. The topological polar surface area (TPSA) is 298 Å². The third-order valence-electron chi connectivity index (χ3n) is 8.08. The second kappa shape index (κ2) is 19.4. The van der Waals surface area contributed by atoms with Crippen molar-refractivity contribution in [3.63, 3.8) is 0 Å². The number of fused-ring (bicyclic) bond motifs is 2. The van der Waals surface area contributed by atoms with E-state index in [0.29, 0.717) is 11.4 Å². The summed E-state index contributed by atoms with van der Waals surface area (Å²) in [5.41, 5.74) is 0.549. The molecule has 60 heavy (non-hydrogen) atoms.